The van der Waals surface area contributed by atoms with E-state index < -0.39 is 40.8 Å². The Morgan fingerprint density at radius 2 is 1.71 bits per heavy atom. The van der Waals surface area contributed by atoms with Gasteiger partial charge in [0, 0.05) is 29.4 Å². The predicted octanol–water partition coefficient (Wildman–Crippen LogP) is 4.88. The van der Waals surface area contributed by atoms with Gasteiger partial charge in [-0.3, -0.25) is 4.90 Å². The lowest BCUT2D eigenvalue weighted by Gasteiger charge is -2.37. The number of carbonyl (C=O) groups is 2. The van der Waals surface area contributed by atoms with Crippen molar-refractivity contribution in [2.45, 2.75) is 25.7 Å². The number of nitrogens with one attached hydrogen (secondary N) is 1. The van der Waals surface area contributed by atoms with Crippen LogP contribution in [0.3, 0.4) is 0 Å². The van der Waals surface area contributed by atoms with E-state index in [2.05, 4.69) is 14.6 Å². The molecule has 3 aromatic carbocycles. The SMILES string of the molecule is O=C([O-])C[N+](CCN1CCCC1)(Cc1ccc(F)c(-c2ccc3[nH]ccc3c2)c1)C(=O)c1ccc(OC(F)(F)F)cc1. The molecule has 0 spiro atoms. The third-order valence-corrected chi connectivity index (χ3v) is 7.62. The number of rotatable bonds is 10. The van der Waals surface area contributed by atoms with Crippen LogP contribution in [0.1, 0.15) is 28.8 Å². The molecule has 1 fully saturated rings. The molecule has 1 N–H and O–H groups in total. The standard InChI is InChI=1S/C31H29F4N3O4/c32-27-9-3-21(17-26(27)23-6-10-28-24(18-23)11-12-36-28)19-38(20-29(39)40,16-15-37-13-1-2-14-37)30(41)22-4-7-25(8-5-22)42-31(33,34)35/h3-12,17-18,36H,1-2,13-16,19-20H2. The first kappa shape index (κ1) is 29.3. The lowest BCUT2D eigenvalue weighted by atomic mass is 10.00. The zero-order chi connectivity index (χ0) is 29.9. The average Bonchev–Trinajstić information content (AvgIpc) is 3.63. The molecule has 1 atom stereocenters. The number of alkyl halides is 3. The van der Waals surface area contributed by atoms with E-state index in [1.54, 1.807) is 18.3 Å². The van der Waals surface area contributed by atoms with Crippen molar-refractivity contribution in [3.05, 3.63) is 89.9 Å². The van der Waals surface area contributed by atoms with Gasteiger partial charge in [-0.25, -0.2) is 13.7 Å². The molecule has 1 aliphatic rings. The van der Waals surface area contributed by atoms with E-state index in [-0.39, 0.29) is 18.7 Å². The molecule has 1 amide bonds. The van der Waals surface area contributed by atoms with Crippen molar-refractivity contribution < 1.29 is 41.5 Å². The third-order valence-electron chi connectivity index (χ3n) is 7.62. The molecule has 1 aromatic heterocycles. The molecule has 1 aliphatic heterocycles. The molecular weight excluding hydrogens is 554 g/mol. The minimum absolute atomic E-state index is 0.0208. The number of benzene rings is 3. The summed E-state index contributed by atoms with van der Waals surface area (Å²) < 4.78 is 56.4. The van der Waals surface area contributed by atoms with Crippen molar-refractivity contribution in [1.29, 1.82) is 0 Å². The van der Waals surface area contributed by atoms with E-state index in [0.717, 1.165) is 49.0 Å². The summed E-state index contributed by atoms with van der Waals surface area (Å²) >= 11 is 0. The Kier molecular flexibility index (Phi) is 8.33. The summed E-state index contributed by atoms with van der Waals surface area (Å²) in [7, 11) is 0. The molecule has 0 radical (unpaired) electrons. The second-order valence-corrected chi connectivity index (χ2v) is 10.6. The molecular formula is C31H29F4N3O4. The van der Waals surface area contributed by atoms with Gasteiger partial charge in [0.2, 0.25) is 0 Å². The molecule has 1 saturated heterocycles. The van der Waals surface area contributed by atoms with Crippen LogP contribution in [0, 0.1) is 5.82 Å². The fraction of sp³-hybridized carbons (Fsp3) is 0.290. The smallest absolute Gasteiger partial charge is 0.544 e. The second-order valence-electron chi connectivity index (χ2n) is 10.6. The number of carboxylic acid groups (broad SMARTS) is 1. The summed E-state index contributed by atoms with van der Waals surface area (Å²) in [6.07, 6.45) is -1.15. The first-order chi connectivity index (χ1) is 20.0. The highest BCUT2D eigenvalue weighted by atomic mass is 19.4. The summed E-state index contributed by atoms with van der Waals surface area (Å²) in [5.41, 5.74) is 2.34. The van der Waals surface area contributed by atoms with Crippen molar-refractivity contribution in [3.8, 4) is 16.9 Å². The molecule has 0 aliphatic carbocycles. The largest absolute Gasteiger partial charge is 0.573 e. The first-order valence-corrected chi connectivity index (χ1v) is 13.6. The van der Waals surface area contributed by atoms with Crippen LogP contribution < -0.4 is 9.84 Å². The highest BCUT2D eigenvalue weighted by Gasteiger charge is 2.39. The molecule has 2 heterocycles. The number of hydrogen-bond donors (Lipinski definition) is 1. The van der Waals surface area contributed by atoms with Gasteiger partial charge in [0.05, 0.1) is 18.1 Å². The lowest BCUT2D eigenvalue weighted by Crippen LogP contribution is -2.59. The van der Waals surface area contributed by atoms with Gasteiger partial charge in [0.15, 0.2) is 0 Å². The van der Waals surface area contributed by atoms with Crippen LogP contribution in [0.15, 0.2) is 72.9 Å². The van der Waals surface area contributed by atoms with Gasteiger partial charge in [0.25, 0.3) is 0 Å². The number of H-pyrrole nitrogens is 1. The maximum atomic E-state index is 15.1. The lowest BCUT2D eigenvalue weighted by molar-refractivity contribution is -0.856. The van der Waals surface area contributed by atoms with E-state index in [0.29, 0.717) is 23.2 Å². The number of likely N-dealkylation sites (tertiary alicyclic amines) is 1. The van der Waals surface area contributed by atoms with Crippen LogP contribution >= 0.6 is 0 Å². The van der Waals surface area contributed by atoms with E-state index in [1.165, 1.54) is 24.3 Å². The van der Waals surface area contributed by atoms with Crippen LogP contribution in [-0.2, 0) is 11.3 Å². The number of aromatic nitrogens is 1. The Bertz CT molecular complexity index is 1580. The minimum atomic E-state index is -4.90. The van der Waals surface area contributed by atoms with Crippen LogP contribution in [-0.4, -0.2) is 65.3 Å². The molecule has 0 saturated carbocycles. The van der Waals surface area contributed by atoms with E-state index in [4.69, 9.17) is 0 Å². The zero-order valence-electron chi connectivity index (χ0n) is 22.6. The number of fused-ring (bicyclic) bond motifs is 1. The molecule has 1 unspecified atom stereocenters. The van der Waals surface area contributed by atoms with E-state index >= 15 is 4.39 Å². The van der Waals surface area contributed by atoms with Crippen molar-refractivity contribution >= 4 is 22.8 Å². The number of carbonyl (C=O) groups excluding carboxylic acids is 2. The maximum absolute atomic E-state index is 15.1. The van der Waals surface area contributed by atoms with Crippen molar-refractivity contribution in [3.63, 3.8) is 0 Å². The fourth-order valence-corrected chi connectivity index (χ4v) is 5.58. The number of quaternary nitrogens is 1. The highest BCUT2D eigenvalue weighted by molar-refractivity contribution is 5.90. The Morgan fingerprint density at radius 1 is 0.976 bits per heavy atom. The van der Waals surface area contributed by atoms with Crippen molar-refractivity contribution in [2.24, 2.45) is 0 Å². The van der Waals surface area contributed by atoms with Crippen LogP contribution in [0.25, 0.3) is 22.0 Å². The minimum Gasteiger partial charge on any atom is -0.544 e. The second kappa shape index (κ2) is 11.9. The number of nitrogens with zero attached hydrogens (tertiary/aromatic N) is 2. The van der Waals surface area contributed by atoms with Crippen LogP contribution in [0.2, 0.25) is 0 Å². The van der Waals surface area contributed by atoms with Gasteiger partial charge in [-0.2, -0.15) is 0 Å². The monoisotopic (exact) mass is 583 g/mol. The van der Waals surface area contributed by atoms with Gasteiger partial charge >= 0.3 is 12.3 Å². The number of ether oxygens (including phenoxy) is 1. The topological polar surface area (TPSA) is 85.5 Å². The fourth-order valence-electron chi connectivity index (χ4n) is 5.58. The molecule has 220 valence electrons. The maximum Gasteiger partial charge on any atom is 0.573 e. The van der Waals surface area contributed by atoms with E-state index in [1.807, 2.05) is 18.2 Å². The molecule has 42 heavy (non-hydrogen) atoms. The van der Waals surface area contributed by atoms with Gasteiger partial charge in [-0.1, -0.05) is 12.1 Å². The zero-order valence-corrected chi connectivity index (χ0v) is 22.6. The quantitative estimate of drug-likeness (QED) is 0.213. The summed E-state index contributed by atoms with van der Waals surface area (Å²) in [5.74, 6) is -3.04. The summed E-state index contributed by atoms with van der Waals surface area (Å²) in [6, 6.07) is 16.1. The Balaban J connectivity index is 1.52. The molecule has 0 bridgehead atoms. The van der Waals surface area contributed by atoms with Crippen LogP contribution in [0.4, 0.5) is 17.6 Å². The van der Waals surface area contributed by atoms with E-state index in [9.17, 15) is 27.9 Å². The summed E-state index contributed by atoms with van der Waals surface area (Å²) in [5, 5.41) is 13.0. The highest BCUT2D eigenvalue weighted by Crippen LogP contribution is 2.30. The van der Waals surface area contributed by atoms with Crippen molar-refractivity contribution in [1.82, 2.24) is 9.88 Å². The Labute approximate surface area is 239 Å². The number of carboxylic acids is 1. The summed E-state index contributed by atoms with van der Waals surface area (Å²) in [4.78, 5) is 31.4. The van der Waals surface area contributed by atoms with Gasteiger partial charge < -0.3 is 19.6 Å². The van der Waals surface area contributed by atoms with Gasteiger partial charge in [-0.05, 0) is 91.5 Å². The first-order valence-electron chi connectivity index (χ1n) is 13.6. The molecule has 5 rings (SSSR count). The number of halogens is 4. The normalized spacial score (nSPS) is 15.5. The number of aliphatic carboxylic acids is 1. The average molecular weight is 584 g/mol. The van der Waals surface area contributed by atoms with Gasteiger partial charge in [-0.15, -0.1) is 13.2 Å². The predicted molar refractivity (Wildman–Crippen MR) is 146 cm³/mol. The molecule has 4 aromatic rings. The van der Waals surface area contributed by atoms with Crippen LogP contribution in [0.5, 0.6) is 5.75 Å². The Morgan fingerprint density at radius 3 is 2.40 bits per heavy atom. The Hall–Kier alpha value is -4.22. The van der Waals surface area contributed by atoms with Crippen molar-refractivity contribution in [2.75, 3.05) is 32.7 Å². The number of aromatic amines is 1. The molecule has 11 heteroatoms. The third kappa shape index (κ3) is 6.80. The summed E-state index contributed by atoms with van der Waals surface area (Å²) in [6.45, 7) is 1.38. The molecule has 7 nitrogen and oxygen atoms in total. The number of amides is 1. The number of hydrogen-bond acceptors (Lipinski definition) is 5. The van der Waals surface area contributed by atoms with Gasteiger partial charge in [0.1, 0.15) is 24.7 Å².